The van der Waals surface area contributed by atoms with Crippen molar-refractivity contribution in [2.24, 2.45) is 0 Å². The van der Waals surface area contributed by atoms with Gasteiger partial charge in [0.25, 0.3) is 11.6 Å². The first kappa shape index (κ1) is 17.6. The molecule has 0 unspecified atom stereocenters. The lowest BCUT2D eigenvalue weighted by Crippen LogP contribution is -2.28. The van der Waals surface area contributed by atoms with Crippen molar-refractivity contribution in [1.82, 2.24) is 5.32 Å². The minimum atomic E-state index is -0.635. The smallest absolute Gasteiger partial charge is 0.288 e. The minimum absolute atomic E-state index is 0.0175. The highest BCUT2D eigenvalue weighted by atomic mass is 35.5. The Balaban J connectivity index is 1.90. The number of hydrogen-bond acceptors (Lipinski definition) is 5. The van der Waals surface area contributed by atoms with Crippen molar-refractivity contribution < 1.29 is 19.2 Å². The van der Waals surface area contributed by atoms with Gasteiger partial charge in [0.1, 0.15) is 11.6 Å². The van der Waals surface area contributed by atoms with Crippen LogP contribution < -0.4 is 14.8 Å². The zero-order valence-electron chi connectivity index (χ0n) is 12.8. The third kappa shape index (κ3) is 4.36. The number of nitrogens with one attached hydrogen (secondary N) is 1. The molecule has 0 aromatic heterocycles. The second-order valence-electron chi connectivity index (χ2n) is 4.68. The normalized spacial score (nSPS) is 10.1. The van der Waals surface area contributed by atoms with Crippen molar-refractivity contribution >= 4 is 23.2 Å². The second-order valence-corrected chi connectivity index (χ2v) is 5.09. The highest BCUT2D eigenvalue weighted by molar-refractivity contribution is 6.32. The van der Waals surface area contributed by atoms with Crippen molar-refractivity contribution in [3.63, 3.8) is 0 Å². The van der Waals surface area contributed by atoms with Crippen LogP contribution in [0.2, 0.25) is 5.02 Å². The van der Waals surface area contributed by atoms with Gasteiger partial charge in [-0.1, -0.05) is 23.7 Å². The molecule has 0 bridgehead atoms. The molecule has 0 aliphatic heterocycles. The Labute approximate surface area is 143 Å². The van der Waals surface area contributed by atoms with E-state index in [1.165, 1.54) is 19.2 Å². The molecule has 1 amide bonds. The lowest BCUT2D eigenvalue weighted by Gasteiger charge is -2.11. The topological polar surface area (TPSA) is 90.7 Å². The van der Waals surface area contributed by atoms with E-state index < -0.39 is 10.8 Å². The average Bonchev–Trinajstić information content (AvgIpc) is 2.59. The Kier molecular flexibility index (Phi) is 5.97. The Hall–Kier alpha value is -2.80. The van der Waals surface area contributed by atoms with Crippen molar-refractivity contribution in [2.45, 2.75) is 0 Å². The molecule has 0 heterocycles. The maximum Gasteiger partial charge on any atom is 0.288 e. The number of carbonyl (C=O) groups excluding carboxylic acids is 1. The summed E-state index contributed by atoms with van der Waals surface area (Å²) < 4.78 is 10.7. The number of hydrogen-bond donors (Lipinski definition) is 1. The van der Waals surface area contributed by atoms with E-state index in [-0.39, 0.29) is 29.4 Å². The summed E-state index contributed by atoms with van der Waals surface area (Å²) in [4.78, 5) is 22.2. The summed E-state index contributed by atoms with van der Waals surface area (Å²) in [6.45, 7) is 0.453. The summed E-state index contributed by atoms with van der Waals surface area (Å²) in [5.41, 5.74) is -0.155. The molecule has 0 saturated carbocycles. The van der Waals surface area contributed by atoms with Crippen molar-refractivity contribution in [1.29, 1.82) is 0 Å². The van der Waals surface area contributed by atoms with Gasteiger partial charge >= 0.3 is 0 Å². The van der Waals surface area contributed by atoms with E-state index in [1.54, 1.807) is 12.1 Å². The van der Waals surface area contributed by atoms with Crippen LogP contribution in [-0.2, 0) is 0 Å². The van der Waals surface area contributed by atoms with Crippen molar-refractivity contribution in [3.05, 3.63) is 63.2 Å². The summed E-state index contributed by atoms with van der Waals surface area (Å²) in [5.74, 6) is 0.715. The third-order valence-electron chi connectivity index (χ3n) is 3.12. The molecule has 7 nitrogen and oxygen atoms in total. The molecule has 0 saturated heterocycles. The van der Waals surface area contributed by atoms with Crippen LogP contribution in [0.15, 0.2) is 42.5 Å². The van der Waals surface area contributed by atoms with E-state index >= 15 is 0 Å². The fraction of sp³-hybridized carbons (Fsp3) is 0.188. The van der Waals surface area contributed by atoms with Gasteiger partial charge in [-0.3, -0.25) is 14.9 Å². The largest absolute Gasteiger partial charge is 0.493 e. The molecule has 0 radical (unpaired) electrons. The number of benzene rings is 2. The maximum absolute atomic E-state index is 12.0. The van der Waals surface area contributed by atoms with E-state index in [0.29, 0.717) is 11.5 Å². The number of methoxy groups -OCH3 is 1. The molecule has 2 aromatic rings. The fourth-order valence-corrected chi connectivity index (χ4v) is 2.15. The van der Waals surface area contributed by atoms with Crippen molar-refractivity contribution in [2.75, 3.05) is 20.3 Å². The zero-order valence-corrected chi connectivity index (χ0v) is 13.6. The van der Waals surface area contributed by atoms with E-state index in [1.807, 2.05) is 12.1 Å². The summed E-state index contributed by atoms with van der Waals surface area (Å²) in [6.07, 6.45) is 0. The molecule has 0 spiro atoms. The maximum atomic E-state index is 12.0. The van der Waals surface area contributed by atoms with Crippen LogP contribution in [0.1, 0.15) is 10.4 Å². The first-order valence-electron chi connectivity index (χ1n) is 7.01. The molecule has 8 heteroatoms. The second kappa shape index (κ2) is 8.16. The van der Waals surface area contributed by atoms with Gasteiger partial charge in [-0.25, -0.2) is 0 Å². The zero-order chi connectivity index (χ0) is 17.5. The monoisotopic (exact) mass is 350 g/mol. The van der Waals surface area contributed by atoms with Gasteiger partial charge in [-0.05, 0) is 24.3 Å². The summed E-state index contributed by atoms with van der Waals surface area (Å²) >= 11 is 5.71. The molecule has 0 atom stereocenters. The number of ether oxygens (including phenoxy) is 2. The molecule has 0 aliphatic carbocycles. The summed E-state index contributed by atoms with van der Waals surface area (Å²) in [6, 6.07) is 11.0. The first-order chi connectivity index (χ1) is 11.5. The molecule has 2 rings (SSSR count). The summed E-state index contributed by atoms with van der Waals surface area (Å²) in [5, 5.41) is 13.4. The molecule has 1 N–H and O–H groups in total. The van der Waals surface area contributed by atoms with Gasteiger partial charge in [0.15, 0.2) is 11.5 Å². The van der Waals surface area contributed by atoms with Crippen LogP contribution >= 0.6 is 11.6 Å². The number of nitro groups is 1. The number of rotatable bonds is 7. The van der Waals surface area contributed by atoms with Gasteiger partial charge < -0.3 is 14.8 Å². The first-order valence-corrected chi connectivity index (χ1v) is 7.38. The van der Waals surface area contributed by atoms with Crippen LogP contribution in [0.25, 0.3) is 0 Å². The van der Waals surface area contributed by atoms with Crippen LogP contribution in [0.5, 0.6) is 11.5 Å². The Morgan fingerprint density at radius 2 is 1.96 bits per heavy atom. The predicted molar refractivity (Wildman–Crippen MR) is 88.9 cm³/mol. The molecular formula is C16H15ClN2O5. The Morgan fingerprint density at radius 3 is 2.62 bits per heavy atom. The van der Waals surface area contributed by atoms with Gasteiger partial charge in [-0.15, -0.1) is 0 Å². The van der Waals surface area contributed by atoms with Crippen LogP contribution in [0, 0.1) is 10.1 Å². The number of para-hydroxylation sites is 2. The highest BCUT2D eigenvalue weighted by Gasteiger charge is 2.16. The molecule has 2 aromatic carbocycles. The lowest BCUT2D eigenvalue weighted by atomic mass is 10.2. The molecule has 0 fully saturated rings. The number of halogens is 1. The van der Waals surface area contributed by atoms with E-state index in [9.17, 15) is 14.9 Å². The number of nitro benzene ring substituents is 1. The van der Waals surface area contributed by atoms with E-state index in [0.717, 1.165) is 6.07 Å². The van der Waals surface area contributed by atoms with Crippen LogP contribution in [-0.4, -0.2) is 31.1 Å². The number of nitrogens with zero attached hydrogens (tertiary/aromatic N) is 1. The summed E-state index contributed by atoms with van der Waals surface area (Å²) in [7, 11) is 1.54. The van der Waals surface area contributed by atoms with Gasteiger partial charge in [0.05, 0.1) is 18.6 Å². The molecular weight excluding hydrogens is 336 g/mol. The predicted octanol–water partition coefficient (Wildman–Crippen LogP) is 3.07. The molecule has 24 heavy (non-hydrogen) atoms. The quantitative estimate of drug-likeness (QED) is 0.471. The third-order valence-corrected chi connectivity index (χ3v) is 3.44. The fourth-order valence-electron chi connectivity index (χ4n) is 1.96. The van der Waals surface area contributed by atoms with Crippen LogP contribution in [0.3, 0.4) is 0 Å². The van der Waals surface area contributed by atoms with Gasteiger partial charge in [-0.2, -0.15) is 0 Å². The SMILES string of the molecule is COc1ccccc1OCCNC(=O)c1ccc(Cl)c([N+](=O)[O-])c1. The molecule has 126 valence electrons. The van der Waals surface area contributed by atoms with E-state index in [4.69, 9.17) is 21.1 Å². The lowest BCUT2D eigenvalue weighted by molar-refractivity contribution is -0.384. The highest BCUT2D eigenvalue weighted by Crippen LogP contribution is 2.26. The average molecular weight is 351 g/mol. The van der Waals surface area contributed by atoms with Crippen LogP contribution in [0.4, 0.5) is 5.69 Å². The Morgan fingerprint density at radius 1 is 1.25 bits per heavy atom. The minimum Gasteiger partial charge on any atom is -0.493 e. The van der Waals surface area contributed by atoms with Gasteiger partial charge in [0.2, 0.25) is 0 Å². The number of amides is 1. The van der Waals surface area contributed by atoms with E-state index in [2.05, 4.69) is 5.32 Å². The van der Waals surface area contributed by atoms with Gasteiger partial charge in [0, 0.05) is 11.6 Å². The molecule has 0 aliphatic rings. The van der Waals surface area contributed by atoms with Crippen molar-refractivity contribution in [3.8, 4) is 11.5 Å². The standard InChI is InChI=1S/C16H15ClN2O5/c1-23-14-4-2-3-5-15(14)24-9-8-18-16(20)11-6-7-12(17)13(10-11)19(21)22/h2-7,10H,8-9H2,1H3,(H,18,20). The number of carbonyl (C=O) groups is 1. The Bertz CT molecular complexity index is 751.